The van der Waals surface area contributed by atoms with E-state index in [0.29, 0.717) is 29.9 Å². The van der Waals surface area contributed by atoms with Gasteiger partial charge < -0.3 is 19.3 Å². The Kier molecular flexibility index (Phi) is 31.9. The highest BCUT2D eigenvalue weighted by Crippen LogP contribution is 2.18. The predicted octanol–water partition coefficient (Wildman–Crippen LogP) is 14.2. The van der Waals surface area contributed by atoms with Crippen LogP contribution in [0.15, 0.2) is 72.8 Å². The van der Waals surface area contributed by atoms with Crippen molar-refractivity contribution >= 4 is 23.9 Å². The van der Waals surface area contributed by atoms with Crippen LogP contribution in [0, 0.1) is 0 Å². The summed E-state index contributed by atoms with van der Waals surface area (Å²) in [5.74, 6) is -0.568. The highest BCUT2D eigenvalue weighted by molar-refractivity contribution is 5.74. The van der Waals surface area contributed by atoms with Crippen molar-refractivity contribution in [3.05, 3.63) is 84.0 Å². The molecular formula is C52H80O8. The van der Waals surface area contributed by atoms with Crippen molar-refractivity contribution in [3.8, 4) is 11.5 Å². The minimum absolute atomic E-state index is 0.0248. The van der Waals surface area contributed by atoms with E-state index in [0.717, 1.165) is 50.5 Å². The van der Waals surface area contributed by atoms with Gasteiger partial charge in [0.05, 0.1) is 12.8 Å². The third-order valence-electron chi connectivity index (χ3n) is 9.72. The fourth-order valence-corrected chi connectivity index (χ4v) is 6.41. The van der Waals surface area contributed by atoms with Crippen LogP contribution in [0.4, 0.5) is 0 Å². The second kappa shape index (κ2) is 35.5. The van der Waals surface area contributed by atoms with E-state index in [4.69, 9.17) is 19.3 Å². The molecule has 336 valence electrons. The Bertz CT molecular complexity index is 1470. The maximum Gasteiger partial charge on any atom is 0.311 e. The van der Waals surface area contributed by atoms with Crippen LogP contribution in [0.3, 0.4) is 0 Å². The Morgan fingerprint density at radius 1 is 0.467 bits per heavy atom. The maximum absolute atomic E-state index is 12.0. The number of carbonyl (C=O) groups excluding carboxylic acids is 3. The third kappa shape index (κ3) is 33.6. The van der Waals surface area contributed by atoms with Crippen LogP contribution >= 0.6 is 0 Å². The number of esters is 3. The molecule has 60 heavy (non-hydrogen) atoms. The lowest BCUT2D eigenvalue weighted by molar-refractivity contribution is -0.154. The van der Waals surface area contributed by atoms with E-state index >= 15 is 0 Å². The van der Waals surface area contributed by atoms with Crippen molar-refractivity contribution in [2.45, 2.75) is 207 Å². The summed E-state index contributed by atoms with van der Waals surface area (Å²) in [5.41, 5.74) is 1.04. The van der Waals surface area contributed by atoms with Crippen molar-refractivity contribution in [1.82, 2.24) is 0 Å². The summed E-state index contributed by atoms with van der Waals surface area (Å²) < 4.78 is 16.0. The summed E-state index contributed by atoms with van der Waals surface area (Å²) in [6.45, 7) is 10.0. The lowest BCUT2D eigenvalue weighted by Crippen LogP contribution is -2.24. The molecule has 0 saturated heterocycles. The smallest absolute Gasteiger partial charge is 0.311 e. The largest absolute Gasteiger partial charge is 0.481 e. The number of carboxylic acids is 1. The van der Waals surface area contributed by atoms with Gasteiger partial charge in [0.15, 0.2) is 0 Å². The fourth-order valence-electron chi connectivity index (χ4n) is 6.41. The number of hydrogen-bond acceptors (Lipinski definition) is 7. The Labute approximate surface area is 363 Å². The molecular weight excluding hydrogens is 753 g/mol. The number of aliphatic carboxylic acids is 1. The van der Waals surface area contributed by atoms with Gasteiger partial charge in [-0.15, -0.1) is 0 Å². The fraction of sp³-hybridized carbons (Fsp3) is 0.615. The van der Waals surface area contributed by atoms with Crippen molar-refractivity contribution < 1.29 is 38.5 Å². The summed E-state index contributed by atoms with van der Waals surface area (Å²) in [7, 11) is 0. The Hall–Kier alpha value is -4.20. The van der Waals surface area contributed by atoms with Gasteiger partial charge in [-0.1, -0.05) is 139 Å². The van der Waals surface area contributed by atoms with E-state index in [1.807, 2.05) is 20.8 Å². The molecule has 8 heteroatoms. The molecule has 0 atom stereocenters. The van der Waals surface area contributed by atoms with E-state index in [2.05, 4.69) is 38.2 Å². The Morgan fingerprint density at radius 3 is 1.15 bits per heavy atom. The van der Waals surface area contributed by atoms with Gasteiger partial charge in [0, 0.05) is 12.8 Å². The molecule has 1 N–H and O–H groups in total. The van der Waals surface area contributed by atoms with E-state index in [1.165, 1.54) is 96.3 Å². The number of benzene rings is 2. The number of unbranched alkanes of at least 4 members (excludes halogenated alkanes) is 18. The molecule has 0 saturated carbocycles. The van der Waals surface area contributed by atoms with Crippen LogP contribution in [0.2, 0.25) is 0 Å². The molecule has 0 aliphatic heterocycles. The van der Waals surface area contributed by atoms with Gasteiger partial charge in [-0.05, 0) is 120 Å². The number of rotatable bonds is 32. The summed E-state index contributed by atoms with van der Waals surface area (Å²) in [6.07, 6.45) is 36.7. The summed E-state index contributed by atoms with van der Waals surface area (Å²) in [4.78, 5) is 46.4. The van der Waals surface area contributed by atoms with Crippen molar-refractivity contribution in [1.29, 1.82) is 0 Å². The summed E-state index contributed by atoms with van der Waals surface area (Å²) in [6, 6.07) is 13.7. The lowest BCUT2D eigenvalue weighted by atomic mass is 10.1. The first-order valence-electron chi connectivity index (χ1n) is 23.2. The molecule has 0 heterocycles. The Morgan fingerprint density at radius 2 is 0.800 bits per heavy atom. The molecule has 2 aromatic carbocycles. The maximum atomic E-state index is 12.0. The first-order chi connectivity index (χ1) is 28.9. The minimum atomic E-state index is -0.872. The van der Waals surface area contributed by atoms with Crippen LogP contribution in [0.5, 0.6) is 11.5 Å². The van der Waals surface area contributed by atoms with Gasteiger partial charge >= 0.3 is 23.9 Å². The van der Waals surface area contributed by atoms with Gasteiger partial charge in [-0.3, -0.25) is 19.2 Å². The monoisotopic (exact) mass is 833 g/mol. The van der Waals surface area contributed by atoms with Crippen molar-refractivity contribution in [2.24, 2.45) is 0 Å². The van der Waals surface area contributed by atoms with Crippen LogP contribution in [0.1, 0.15) is 200 Å². The average Bonchev–Trinajstić information content (AvgIpc) is 3.19. The minimum Gasteiger partial charge on any atom is -0.481 e. The zero-order valence-electron chi connectivity index (χ0n) is 38.1. The zero-order chi connectivity index (χ0) is 44.1. The van der Waals surface area contributed by atoms with Crippen LogP contribution in [0.25, 0.3) is 0 Å². The lowest BCUT2D eigenvalue weighted by Gasteiger charge is -2.19. The molecule has 0 bridgehead atoms. The molecule has 0 aromatic heterocycles. The predicted molar refractivity (Wildman–Crippen MR) is 245 cm³/mol. The number of carbonyl (C=O) groups is 4. The quantitative estimate of drug-likeness (QED) is 0.0335. The zero-order valence-corrected chi connectivity index (χ0v) is 38.1. The van der Waals surface area contributed by atoms with Crippen molar-refractivity contribution in [3.63, 3.8) is 0 Å². The van der Waals surface area contributed by atoms with Crippen LogP contribution < -0.4 is 9.47 Å². The molecule has 0 unspecified atom stereocenters. The molecule has 0 radical (unpaired) electrons. The van der Waals surface area contributed by atoms with Crippen LogP contribution in [-0.4, -0.2) is 34.6 Å². The Balaban J connectivity index is 0.000000605. The van der Waals surface area contributed by atoms with Gasteiger partial charge in [-0.25, -0.2) is 0 Å². The molecule has 0 aliphatic carbocycles. The van der Waals surface area contributed by atoms with E-state index < -0.39 is 11.6 Å². The number of carboxylic acid groups (broad SMARTS) is 1. The number of hydrogen-bond donors (Lipinski definition) is 1. The van der Waals surface area contributed by atoms with Gasteiger partial charge in [0.1, 0.15) is 17.1 Å². The summed E-state index contributed by atoms with van der Waals surface area (Å²) >= 11 is 0. The van der Waals surface area contributed by atoms with E-state index in [1.54, 1.807) is 48.5 Å². The highest BCUT2D eigenvalue weighted by Gasteiger charge is 2.16. The summed E-state index contributed by atoms with van der Waals surface area (Å²) in [5, 5.41) is 8.74. The molecule has 0 amide bonds. The van der Waals surface area contributed by atoms with E-state index in [-0.39, 0.29) is 30.7 Å². The van der Waals surface area contributed by atoms with Crippen LogP contribution in [-0.2, 0) is 36.8 Å². The molecule has 0 aliphatic rings. The first-order valence-corrected chi connectivity index (χ1v) is 23.2. The second-order valence-corrected chi connectivity index (χ2v) is 16.8. The average molecular weight is 833 g/mol. The molecule has 0 fully saturated rings. The number of allylic oxidation sites excluding steroid dienone is 4. The topological polar surface area (TPSA) is 116 Å². The first kappa shape index (κ1) is 53.8. The van der Waals surface area contributed by atoms with Gasteiger partial charge in [0.25, 0.3) is 0 Å². The number of ether oxygens (including phenoxy) is 3. The SMILES string of the molecule is CCCCCC/C=C\CCCCCCCC(=O)Oc1ccc(CC(=O)O)cc1.CCCCCC/C=C\CCCCCCCC(=O)Oc1ccc(CC(=O)OC(C)(C)C)cc1. The second-order valence-electron chi connectivity index (χ2n) is 16.8. The third-order valence-corrected chi connectivity index (χ3v) is 9.72. The van der Waals surface area contributed by atoms with Crippen molar-refractivity contribution in [2.75, 3.05) is 0 Å². The standard InChI is InChI=1S/C28H44O4.C24H36O4/c1-5-6-7-8-9-10-11-12-13-14-15-16-17-18-26(29)31-25-21-19-24(20-22-25)23-27(30)32-28(2,3)4;1-2-3-4-5-6-7-8-9-10-11-12-13-14-15-24(27)28-22-18-16-21(17-19-22)20-23(25)26/h10-11,19-22H,5-9,12-18,23H2,1-4H3;7-8,16-19H,2-6,9-15,20H2,1H3,(H,25,26)/b11-10-;8-7-. The molecule has 2 aromatic rings. The molecule has 0 spiro atoms. The highest BCUT2D eigenvalue weighted by atomic mass is 16.6. The molecule has 8 nitrogen and oxygen atoms in total. The van der Waals surface area contributed by atoms with Gasteiger partial charge in [-0.2, -0.15) is 0 Å². The normalized spacial score (nSPS) is 11.3. The molecule has 2 rings (SSSR count). The van der Waals surface area contributed by atoms with E-state index in [9.17, 15) is 19.2 Å². The van der Waals surface area contributed by atoms with Gasteiger partial charge in [0.2, 0.25) is 0 Å².